The van der Waals surface area contributed by atoms with Gasteiger partial charge in [-0.2, -0.15) is 5.10 Å². The van der Waals surface area contributed by atoms with Crippen LogP contribution in [0, 0.1) is 0 Å². The molecule has 0 aromatic carbocycles. The highest BCUT2D eigenvalue weighted by Gasteiger charge is 2.28. The fraction of sp³-hybridized carbons (Fsp3) is 0.786. The summed E-state index contributed by atoms with van der Waals surface area (Å²) in [6.07, 6.45) is 4.48. The Bertz CT molecular complexity index is 386. The van der Waals surface area contributed by atoms with Crippen molar-refractivity contribution in [3.8, 4) is 0 Å². The molecule has 1 aromatic rings. The summed E-state index contributed by atoms with van der Waals surface area (Å²) in [4.78, 5) is 2.55. The van der Waals surface area contributed by atoms with Gasteiger partial charge in [0.05, 0.1) is 11.7 Å². The third kappa shape index (κ3) is 2.75. The summed E-state index contributed by atoms with van der Waals surface area (Å²) in [5, 5.41) is 13.7. The zero-order valence-corrected chi connectivity index (χ0v) is 11.8. The largest absolute Gasteiger partial charge is 0.396 e. The summed E-state index contributed by atoms with van der Waals surface area (Å²) in [6, 6.07) is 3.19. The Morgan fingerprint density at radius 3 is 2.89 bits per heavy atom. The van der Waals surface area contributed by atoms with Crippen molar-refractivity contribution in [1.29, 1.82) is 0 Å². The zero-order valence-electron chi connectivity index (χ0n) is 11.8. The van der Waals surface area contributed by atoms with Crippen molar-refractivity contribution in [1.82, 2.24) is 14.7 Å². The minimum Gasteiger partial charge on any atom is -0.396 e. The number of aryl methyl sites for hydroxylation is 1. The van der Waals surface area contributed by atoms with Gasteiger partial charge in [-0.1, -0.05) is 6.42 Å². The number of piperidine rings is 1. The Kier molecular flexibility index (Phi) is 4.40. The molecule has 2 rings (SSSR count). The van der Waals surface area contributed by atoms with Gasteiger partial charge in [-0.15, -0.1) is 0 Å². The second-order valence-corrected chi connectivity index (χ2v) is 5.50. The summed E-state index contributed by atoms with van der Waals surface area (Å²) < 4.78 is 1.92. The third-order valence-corrected chi connectivity index (χ3v) is 3.91. The van der Waals surface area contributed by atoms with Gasteiger partial charge in [-0.3, -0.25) is 9.58 Å². The average molecular weight is 251 g/mol. The summed E-state index contributed by atoms with van der Waals surface area (Å²) >= 11 is 0. The van der Waals surface area contributed by atoms with Crippen LogP contribution in [0.5, 0.6) is 0 Å². The molecule has 0 aliphatic carbocycles. The molecule has 1 aliphatic heterocycles. The lowest BCUT2D eigenvalue weighted by Gasteiger charge is -2.37. The van der Waals surface area contributed by atoms with E-state index in [1.165, 1.54) is 31.5 Å². The molecule has 4 nitrogen and oxygen atoms in total. The lowest BCUT2D eigenvalue weighted by atomic mass is 9.97. The average Bonchev–Trinajstić information content (AvgIpc) is 2.71. The second-order valence-electron chi connectivity index (χ2n) is 5.50. The lowest BCUT2D eigenvalue weighted by molar-refractivity contribution is 0.109. The predicted octanol–water partition coefficient (Wildman–Crippen LogP) is 1.89. The van der Waals surface area contributed by atoms with Crippen LogP contribution in [0.15, 0.2) is 6.07 Å². The molecule has 1 aromatic heterocycles. The van der Waals surface area contributed by atoms with Crippen LogP contribution in [0.4, 0.5) is 0 Å². The summed E-state index contributed by atoms with van der Waals surface area (Å²) in [7, 11) is 1.97. The fourth-order valence-corrected chi connectivity index (χ4v) is 2.93. The van der Waals surface area contributed by atoms with Crippen molar-refractivity contribution in [2.75, 3.05) is 13.2 Å². The molecule has 0 radical (unpaired) electrons. The summed E-state index contributed by atoms with van der Waals surface area (Å²) in [5.74, 6) is 0. The molecule has 1 atom stereocenters. The minimum atomic E-state index is 0.192. The van der Waals surface area contributed by atoms with Gasteiger partial charge in [-0.25, -0.2) is 0 Å². The summed E-state index contributed by atoms with van der Waals surface area (Å²) in [5.41, 5.74) is 2.30. The lowest BCUT2D eigenvalue weighted by Crippen LogP contribution is -2.38. The number of aliphatic hydroxyl groups is 1. The van der Waals surface area contributed by atoms with E-state index in [1.54, 1.807) is 0 Å². The molecule has 0 spiro atoms. The molecule has 1 fully saturated rings. The number of nitrogens with zero attached hydrogens (tertiary/aromatic N) is 3. The molecule has 2 heterocycles. The van der Waals surface area contributed by atoms with Gasteiger partial charge in [0.25, 0.3) is 0 Å². The van der Waals surface area contributed by atoms with E-state index in [4.69, 9.17) is 5.11 Å². The zero-order chi connectivity index (χ0) is 13.1. The fourth-order valence-electron chi connectivity index (χ4n) is 2.93. The van der Waals surface area contributed by atoms with Crippen molar-refractivity contribution < 1.29 is 5.11 Å². The number of likely N-dealkylation sites (tertiary alicyclic amines) is 1. The van der Waals surface area contributed by atoms with E-state index < -0.39 is 0 Å². The van der Waals surface area contributed by atoms with Crippen LogP contribution in [0.2, 0.25) is 0 Å². The Hall–Kier alpha value is -0.870. The molecule has 4 heteroatoms. The van der Waals surface area contributed by atoms with E-state index in [0.29, 0.717) is 18.5 Å². The van der Waals surface area contributed by atoms with Crippen LogP contribution in [-0.4, -0.2) is 39.0 Å². The van der Waals surface area contributed by atoms with Gasteiger partial charge >= 0.3 is 0 Å². The normalized spacial score (nSPS) is 21.7. The van der Waals surface area contributed by atoms with Crippen LogP contribution < -0.4 is 0 Å². The quantitative estimate of drug-likeness (QED) is 0.888. The van der Waals surface area contributed by atoms with Crippen molar-refractivity contribution >= 4 is 0 Å². The smallest absolute Gasteiger partial charge is 0.0799 e. The number of aromatic nitrogens is 2. The van der Waals surface area contributed by atoms with E-state index in [9.17, 15) is 0 Å². The van der Waals surface area contributed by atoms with Crippen LogP contribution in [0.25, 0.3) is 0 Å². The van der Waals surface area contributed by atoms with Crippen molar-refractivity contribution in [2.45, 2.75) is 51.6 Å². The molecule has 0 saturated carbocycles. The SMILES string of the molecule is CC(C)N1CCCCC1c1cc(CCO)n(C)n1. The van der Waals surface area contributed by atoms with Crippen LogP contribution in [-0.2, 0) is 13.5 Å². The monoisotopic (exact) mass is 251 g/mol. The van der Waals surface area contributed by atoms with E-state index in [1.807, 2.05) is 11.7 Å². The molecule has 1 aliphatic rings. The molecule has 0 bridgehead atoms. The molecule has 0 amide bonds. The molecule has 1 saturated heterocycles. The van der Waals surface area contributed by atoms with Gasteiger partial charge < -0.3 is 5.11 Å². The Labute approximate surface area is 110 Å². The molecular formula is C14H25N3O. The van der Waals surface area contributed by atoms with Crippen molar-refractivity contribution in [3.05, 3.63) is 17.5 Å². The van der Waals surface area contributed by atoms with Gasteiger partial charge in [-0.05, 0) is 39.3 Å². The highest BCUT2D eigenvalue weighted by Crippen LogP contribution is 2.31. The van der Waals surface area contributed by atoms with Crippen LogP contribution in [0.3, 0.4) is 0 Å². The minimum absolute atomic E-state index is 0.192. The Morgan fingerprint density at radius 1 is 1.44 bits per heavy atom. The van der Waals surface area contributed by atoms with Gasteiger partial charge in [0.15, 0.2) is 0 Å². The Balaban J connectivity index is 2.20. The number of hydrogen-bond donors (Lipinski definition) is 1. The summed E-state index contributed by atoms with van der Waals surface area (Å²) in [6.45, 7) is 5.89. The number of rotatable bonds is 4. The molecule has 102 valence electrons. The van der Waals surface area contributed by atoms with E-state index >= 15 is 0 Å². The van der Waals surface area contributed by atoms with Crippen molar-refractivity contribution in [3.63, 3.8) is 0 Å². The first-order valence-corrected chi connectivity index (χ1v) is 7.03. The van der Waals surface area contributed by atoms with Gasteiger partial charge in [0.1, 0.15) is 0 Å². The van der Waals surface area contributed by atoms with Crippen molar-refractivity contribution in [2.24, 2.45) is 7.05 Å². The van der Waals surface area contributed by atoms with Crippen LogP contribution in [0.1, 0.15) is 50.5 Å². The van der Waals surface area contributed by atoms with E-state index in [-0.39, 0.29) is 6.61 Å². The van der Waals surface area contributed by atoms with Gasteiger partial charge in [0.2, 0.25) is 0 Å². The molecule has 18 heavy (non-hydrogen) atoms. The predicted molar refractivity (Wildman–Crippen MR) is 72.4 cm³/mol. The number of aliphatic hydroxyl groups excluding tert-OH is 1. The van der Waals surface area contributed by atoms with E-state index in [2.05, 4.69) is 29.9 Å². The first-order chi connectivity index (χ1) is 8.63. The molecular weight excluding hydrogens is 226 g/mol. The molecule has 1 N–H and O–H groups in total. The maximum Gasteiger partial charge on any atom is 0.0799 e. The first-order valence-electron chi connectivity index (χ1n) is 7.03. The highest BCUT2D eigenvalue weighted by atomic mass is 16.3. The topological polar surface area (TPSA) is 41.3 Å². The first kappa shape index (κ1) is 13.6. The van der Waals surface area contributed by atoms with Gasteiger partial charge in [0, 0.05) is 31.8 Å². The standard InChI is InChI=1S/C14H25N3O/c1-11(2)17-8-5-4-6-14(17)13-10-12(7-9-18)16(3)15-13/h10-11,14,18H,4-9H2,1-3H3. The van der Waals surface area contributed by atoms with E-state index in [0.717, 1.165) is 5.69 Å². The maximum atomic E-state index is 9.05. The molecule has 1 unspecified atom stereocenters. The Morgan fingerprint density at radius 2 is 2.22 bits per heavy atom. The third-order valence-electron chi connectivity index (χ3n) is 3.91. The second kappa shape index (κ2) is 5.85. The maximum absolute atomic E-state index is 9.05. The highest BCUT2D eigenvalue weighted by molar-refractivity contribution is 5.15. The number of hydrogen-bond acceptors (Lipinski definition) is 3. The van der Waals surface area contributed by atoms with Crippen LogP contribution >= 0.6 is 0 Å².